The van der Waals surface area contributed by atoms with Gasteiger partial charge < -0.3 is 10.1 Å². The Balaban J connectivity index is 2.41. The first-order valence-electron chi connectivity index (χ1n) is 6.09. The second-order valence-electron chi connectivity index (χ2n) is 4.12. The topological polar surface area (TPSA) is 21.3 Å². The van der Waals surface area contributed by atoms with Crippen molar-refractivity contribution in [2.45, 2.75) is 19.4 Å². The number of aryl methyl sites for hydroxylation is 1. The van der Waals surface area contributed by atoms with Crippen LogP contribution in [0.5, 0.6) is 0 Å². The van der Waals surface area contributed by atoms with Crippen LogP contribution < -0.4 is 5.32 Å². The molecule has 0 aliphatic rings. The third kappa shape index (κ3) is 5.11. The van der Waals surface area contributed by atoms with Crippen molar-refractivity contribution in [3.05, 3.63) is 35.4 Å². The van der Waals surface area contributed by atoms with Crippen molar-refractivity contribution in [2.24, 2.45) is 0 Å². The third-order valence-corrected chi connectivity index (χ3v) is 3.98. The smallest absolute Gasteiger partial charge is 0.0470 e. The summed E-state index contributed by atoms with van der Waals surface area (Å²) in [6.07, 6.45) is 1.13. The number of methoxy groups -OCH3 is 1. The molecule has 1 unspecified atom stereocenters. The van der Waals surface area contributed by atoms with Crippen LogP contribution in [-0.2, 0) is 4.74 Å². The van der Waals surface area contributed by atoms with Gasteiger partial charge in [0.1, 0.15) is 0 Å². The number of hydrogen-bond donors (Lipinski definition) is 1. The Labute approximate surface area is 109 Å². The van der Waals surface area contributed by atoms with E-state index >= 15 is 0 Å². The molecule has 0 aromatic heterocycles. The number of rotatable bonds is 8. The zero-order chi connectivity index (χ0) is 12.5. The van der Waals surface area contributed by atoms with E-state index in [-0.39, 0.29) is 0 Å². The molecular formula is C14H23NOS. The van der Waals surface area contributed by atoms with Gasteiger partial charge in [-0.15, -0.1) is 0 Å². The third-order valence-electron chi connectivity index (χ3n) is 2.83. The molecule has 17 heavy (non-hydrogen) atoms. The maximum Gasteiger partial charge on any atom is 0.0470 e. The summed E-state index contributed by atoms with van der Waals surface area (Å²) in [5.41, 5.74) is 2.78. The summed E-state index contributed by atoms with van der Waals surface area (Å²) in [4.78, 5) is 0. The molecule has 2 nitrogen and oxygen atoms in total. The Kier molecular flexibility index (Phi) is 7.33. The summed E-state index contributed by atoms with van der Waals surface area (Å²) in [5.74, 6) is 2.28. The zero-order valence-corrected chi connectivity index (χ0v) is 11.8. The molecule has 0 bridgehead atoms. The van der Waals surface area contributed by atoms with Gasteiger partial charge in [0, 0.05) is 25.5 Å². The maximum absolute atomic E-state index is 5.05. The highest BCUT2D eigenvalue weighted by molar-refractivity contribution is 7.99. The lowest BCUT2D eigenvalue weighted by molar-refractivity contribution is 0.200. The van der Waals surface area contributed by atoms with Crippen LogP contribution in [0.15, 0.2) is 24.3 Å². The number of benzene rings is 1. The highest BCUT2D eigenvalue weighted by Gasteiger charge is 2.10. The molecule has 0 amide bonds. The second-order valence-corrected chi connectivity index (χ2v) is 5.27. The van der Waals surface area contributed by atoms with Gasteiger partial charge in [0.15, 0.2) is 0 Å². The van der Waals surface area contributed by atoms with Crippen molar-refractivity contribution in [1.29, 1.82) is 0 Å². The van der Waals surface area contributed by atoms with Gasteiger partial charge in [-0.2, -0.15) is 11.8 Å². The first kappa shape index (κ1) is 14.6. The fourth-order valence-electron chi connectivity index (χ4n) is 1.81. The highest BCUT2D eigenvalue weighted by atomic mass is 32.2. The van der Waals surface area contributed by atoms with Crippen molar-refractivity contribution in [1.82, 2.24) is 5.32 Å². The van der Waals surface area contributed by atoms with Gasteiger partial charge in [0.05, 0.1) is 0 Å². The van der Waals surface area contributed by atoms with Gasteiger partial charge in [0.2, 0.25) is 0 Å². The molecule has 0 aliphatic heterocycles. The molecule has 0 radical (unpaired) electrons. The van der Waals surface area contributed by atoms with Gasteiger partial charge in [-0.05, 0) is 37.3 Å². The second kappa shape index (κ2) is 8.56. The molecule has 0 saturated heterocycles. The van der Waals surface area contributed by atoms with Gasteiger partial charge in [0.25, 0.3) is 0 Å². The van der Waals surface area contributed by atoms with Crippen molar-refractivity contribution in [3.8, 4) is 0 Å². The number of thioether (sulfide) groups is 1. The average molecular weight is 253 g/mol. The van der Waals surface area contributed by atoms with Crippen molar-refractivity contribution < 1.29 is 4.74 Å². The van der Waals surface area contributed by atoms with E-state index in [0.29, 0.717) is 6.04 Å². The molecule has 0 fully saturated rings. The standard InChI is InChI=1S/C14H23NOS/c1-12-7-4-5-8-13(12)14(15-2)11-17-10-6-9-16-3/h4-5,7-8,14-15H,6,9-11H2,1-3H3. The van der Waals surface area contributed by atoms with Crippen LogP contribution in [0.3, 0.4) is 0 Å². The number of hydrogen-bond acceptors (Lipinski definition) is 3. The maximum atomic E-state index is 5.05. The Hall–Kier alpha value is -0.510. The number of ether oxygens (including phenoxy) is 1. The van der Waals surface area contributed by atoms with Crippen LogP contribution in [0.1, 0.15) is 23.6 Å². The van der Waals surface area contributed by atoms with Crippen LogP contribution in [-0.4, -0.2) is 32.3 Å². The Morgan fingerprint density at radius 3 is 2.76 bits per heavy atom. The van der Waals surface area contributed by atoms with Crippen molar-refractivity contribution in [3.63, 3.8) is 0 Å². The van der Waals surface area contributed by atoms with Crippen molar-refractivity contribution in [2.75, 3.05) is 32.3 Å². The Morgan fingerprint density at radius 1 is 1.35 bits per heavy atom. The molecule has 0 spiro atoms. The minimum Gasteiger partial charge on any atom is -0.385 e. The monoisotopic (exact) mass is 253 g/mol. The molecule has 1 aromatic carbocycles. The fraction of sp³-hybridized carbons (Fsp3) is 0.571. The summed E-state index contributed by atoms with van der Waals surface area (Å²) in [5, 5.41) is 3.40. The fourth-order valence-corrected chi connectivity index (χ4v) is 2.88. The summed E-state index contributed by atoms with van der Waals surface area (Å²) < 4.78 is 5.05. The molecule has 3 heteroatoms. The lowest BCUT2D eigenvalue weighted by Gasteiger charge is -2.18. The van der Waals surface area contributed by atoms with E-state index in [0.717, 1.165) is 24.5 Å². The van der Waals surface area contributed by atoms with Crippen LogP contribution in [0.4, 0.5) is 0 Å². The van der Waals surface area contributed by atoms with Crippen LogP contribution in [0, 0.1) is 6.92 Å². The minimum absolute atomic E-state index is 0.448. The van der Waals surface area contributed by atoms with E-state index in [4.69, 9.17) is 4.74 Å². The summed E-state index contributed by atoms with van der Waals surface area (Å²) in [6, 6.07) is 9.05. The molecule has 1 atom stereocenters. The van der Waals surface area contributed by atoms with Gasteiger partial charge in [-0.3, -0.25) is 0 Å². The molecule has 1 N–H and O–H groups in total. The van der Waals surface area contributed by atoms with Gasteiger partial charge in [-0.25, -0.2) is 0 Å². The lowest BCUT2D eigenvalue weighted by Crippen LogP contribution is -2.19. The Bertz CT molecular complexity index is 317. The highest BCUT2D eigenvalue weighted by Crippen LogP contribution is 2.21. The number of nitrogens with one attached hydrogen (secondary N) is 1. The van der Waals surface area contributed by atoms with Gasteiger partial charge >= 0.3 is 0 Å². The van der Waals surface area contributed by atoms with Crippen LogP contribution in [0.25, 0.3) is 0 Å². The zero-order valence-electron chi connectivity index (χ0n) is 11.0. The van der Waals surface area contributed by atoms with E-state index in [1.807, 2.05) is 18.8 Å². The molecule has 96 valence electrons. The summed E-state index contributed by atoms with van der Waals surface area (Å²) >= 11 is 1.99. The molecule has 0 aliphatic carbocycles. The van der Waals surface area contributed by atoms with Gasteiger partial charge in [-0.1, -0.05) is 24.3 Å². The van der Waals surface area contributed by atoms with Crippen molar-refractivity contribution >= 4 is 11.8 Å². The van der Waals surface area contributed by atoms with E-state index < -0.39 is 0 Å². The molecule has 0 heterocycles. The normalized spacial score (nSPS) is 12.6. The van der Waals surface area contributed by atoms with Crippen LogP contribution >= 0.6 is 11.8 Å². The first-order valence-corrected chi connectivity index (χ1v) is 7.24. The SMILES string of the molecule is CNC(CSCCCOC)c1ccccc1C. The summed E-state index contributed by atoms with van der Waals surface area (Å²) in [7, 11) is 3.79. The predicted molar refractivity (Wildman–Crippen MR) is 76.8 cm³/mol. The van der Waals surface area contributed by atoms with E-state index in [2.05, 4.69) is 36.5 Å². The largest absolute Gasteiger partial charge is 0.385 e. The first-order chi connectivity index (χ1) is 8.29. The quantitative estimate of drug-likeness (QED) is 0.720. The van der Waals surface area contributed by atoms with E-state index in [1.165, 1.54) is 11.1 Å². The lowest BCUT2D eigenvalue weighted by atomic mass is 10.0. The Morgan fingerprint density at radius 2 is 2.12 bits per heavy atom. The molecule has 0 saturated carbocycles. The minimum atomic E-state index is 0.448. The molecular weight excluding hydrogens is 230 g/mol. The van der Waals surface area contributed by atoms with Crippen LogP contribution in [0.2, 0.25) is 0 Å². The predicted octanol–water partition coefficient (Wildman–Crippen LogP) is 3.03. The molecule has 1 rings (SSSR count). The summed E-state index contributed by atoms with van der Waals surface area (Å²) in [6.45, 7) is 3.04. The average Bonchev–Trinajstić information content (AvgIpc) is 2.35. The molecule has 1 aromatic rings. The van der Waals surface area contributed by atoms with E-state index in [1.54, 1.807) is 7.11 Å². The van der Waals surface area contributed by atoms with E-state index in [9.17, 15) is 0 Å².